The number of pyridine rings is 2. The van der Waals surface area contributed by atoms with Crippen LogP contribution in [0.25, 0.3) is 55.9 Å². The second kappa shape index (κ2) is 8.54. The van der Waals surface area contributed by atoms with Crippen molar-refractivity contribution in [2.45, 2.75) is 0 Å². The van der Waals surface area contributed by atoms with Crippen LogP contribution in [0.4, 0.5) is 0 Å². The summed E-state index contributed by atoms with van der Waals surface area (Å²) in [6.45, 7) is 0. The Morgan fingerprint density at radius 3 is 2.29 bits per heavy atom. The molecule has 0 atom stereocenters. The van der Waals surface area contributed by atoms with Gasteiger partial charge >= 0.3 is 0 Å². The van der Waals surface area contributed by atoms with Gasteiger partial charge in [-0.25, -0.2) is 4.98 Å². The number of hydrogen-bond donors (Lipinski definition) is 1. The van der Waals surface area contributed by atoms with E-state index in [1.54, 1.807) is 12.3 Å². The molecular formula is C30H22N4O. The first kappa shape index (κ1) is 20.8. The number of aromatic nitrogens is 4. The number of nitrogens with zero attached hydrogens (tertiary/aromatic N) is 4. The van der Waals surface area contributed by atoms with Crippen LogP contribution in [0.15, 0.2) is 110 Å². The Balaban J connectivity index is 1.41. The minimum Gasteiger partial charge on any atom is -0.506 e. The summed E-state index contributed by atoms with van der Waals surface area (Å²) in [5.41, 5.74) is 8.82. The number of para-hydroxylation sites is 1. The summed E-state index contributed by atoms with van der Waals surface area (Å²) in [4.78, 5) is 13.7. The number of imidazole rings is 1. The highest BCUT2D eigenvalue weighted by Crippen LogP contribution is 2.35. The number of fused-ring (bicyclic) bond motifs is 1. The normalized spacial score (nSPS) is 11.1. The van der Waals surface area contributed by atoms with Gasteiger partial charge in [0.2, 0.25) is 0 Å². The highest BCUT2D eigenvalue weighted by Gasteiger charge is 2.16. The monoisotopic (exact) mass is 454 g/mol. The van der Waals surface area contributed by atoms with Gasteiger partial charge in [0.15, 0.2) is 0 Å². The van der Waals surface area contributed by atoms with Gasteiger partial charge in [0, 0.05) is 36.1 Å². The van der Waals surface area contributed by atoms with Crippen molar-refractivity contribution >= 4 is 11.0 Å². The number of benzene rings is 3. The van der Waals surface area contributed by atoms with E-state index in [0.717, 1.165) is 44.5 Å². The lowest BCUT2D eigenvalue weighted by molar-refractivity contribution is 0.474. The number of aryl methyl sites for hydroxylation is 1. The fourth-order valence-electron chi connectivity index (χ4n) is 4.48. The second-order valence-electron chi connectivity index (χ2n) is 8.44. The van der Waals surface area contributed by atoms with Gasteiger partial charge in [0.1, 0.15) is 11.6 Å². The van der Waals surface area contributed by atoms with E-state index in [0.29, 0.717) is 11.4 Å². The summed E-state index contributed by atoms with van der Waals surface area (Å²) in [5, 5.41) is 10.3. The predicted molar refractivity (Wildman–Crippen MR) is 140 cm³/mol. The summed E-state index contributed by atoms with van der Waals surface area (Å²) >= 11 is 0. The summed E-state index contributed by atoms with van der Waals surface area (Å²) in [7, 11) is 1.96. The smallest absolute Gasteiger partial charge is 0.144 e. The maximum Gasteiger partial charge on any atom is 0.144 e. The molecule has 0 spiro atoms. The Labute approximate surface area is 203 Å². The van der Waals surface area contributed by atoms with Gasteiger partial charge in [0.25, 0.3) is 0 Å². The van der Waals surface area contributed by atoms with Crippen LogP contribution in [-0.4, -0.2) is 24.6 Å². The molecule has 168 valence electrons. The largest absolute Gasteiger partial charge is 0.506 e. The average molecular weight is 455 g/mol. The molecule has 0 amide bonds. The van der Waals surface area contributed by atoms with Gasteiger partial charge in [0.05, 0.1) is 28.5 Å². The first-order valence-corrected chi connectivity index (χ1v) is 11.4. The molecule has 1 N–H and O–H groups in total. The number of rotatable bonds is 4. The molecule has 0 radical (unpaired) electrons. The highest BCUT2D eigenvalue weighted by molar-refractivity contribution is 5.95. The van der Waals surface area contributed by atoms with E-state index in [-0.39, 0.29) is 5.75 Å². The van der Waals surface area contributed by atoms with Crippen molar-refractivity contribution in [3.63, 3.8) is 0 Å². The third-order valence-corrected chi connectivity index (χ3v) is 6.29. The zero-order chi connectivity index (χ0) is 23.8. The molecule has 6 aromatic rings. The van der Waals surface area contributed by atoms with Crippen LogP contribution in [0, 0.1) is 0 Å². The van der Waals surface area contributed by atoms with E-state index >= 15 is 0 Å². The topological polar surface area (TPSA) is 63.8 Å². The van der Waals surface area contributed by atoms with Crippen LogP contribution >= 0.6 is 0 Å². The minimum absolute atomic E-state index is 0.111. The van der Waals surface area contributed by atoms with E-state index in [9.17, 15) is 5.11 Å². The zero-order valence-corrected chi connectivity index (χ0v) is 19.1. The van der Waals surface area contributed by atoms with Gasteiger partial charge in [-0.15, -0.1) is 0 Å². The standard InChI is InChI=1S/C30H22N4O/c1-34-27-12-6-11-24(29(27)33-30(34)25-15-16-31-19-28(25)35)21-9-5-10-22(17-21)26-14-13-23(18-32-26)20-7-3-2-4-8-20/h2-19,35H,1H3. The SMILES string of the molecule is Cn1c(-c2ccncc2O)nc2c(-c3cccc(-c4ccc(-c5ccccc5)cn4)c3)cccc21. The number of aromatic hydroxyl groups is 1. The summed E-state index contributed by atoms with van der Waals surface area (Å²) < 4.78 is 2.00. The van der Waals surface area contributed by atoms with Crippen LogP contribution in [-0.2, 0) is 7.05 Å². The second-order valence-corrected chi connectivity index (χ2v) is 8.44. The third-order valence-electron chi connectivity index (χ3n) is 6.29. The first-order chi connectivity index (χ1) is 17.2. The molecular weight excluding hydrogens is 432 g/mol. The van der Waals surface area contributed by atoms with Crippen molar-refractivity contribution in [3.8, 4) is 50.6 Å². The van der Waals surface area contributed by atoms with Crippen molar-refractivity contribution in [1.82, 2.24) is 19.5 Å². The Hall–Kier alpha value is -4.77. The average Bonchev–Trinajstić information content (AvgIpc) is 3.26. The van der Waals surface area contributed by atoms with Crippen LogP contribution in [0.2, 0.25) is 0 Å². The Bertz CT molecular complexity index is 1650. The summed E-state index contributed by atoms with van der Waals surface area (Å²) in [5.74, 6) is 0.807. The fourth-order valence-corrected chi connectivity index (χ4v) is 4.48. The Morgan fingerprint density at radius 2 is 1.49 bits per heavy atom. The number of hydrogen-bond acceptors (Lipinski definition) is 4. The summed E-state index contributed by atoms with van der Waals surface area (Å²) in [6, 6.07) is 30.7. The molecule has 3 aromatic heterocycles. The van der Waals surface area contributed by atoms with Crippen LogP contribution < -0.4 is 0 Å². The predicted octanol–water partition coefficient (Wildman–Crippen LogP) is 6.74. The lowest BCUT2D eigenvalue weighted by atomic mass is 10.00. The Morgan fingerprint density at radius 1 is 0.686 bits per heavy atom. The van der Waals surface area contributed by atoms with Gasteiger partial charge in [-0.2, -0.15) is 0 Å². The fraction of sp³-hybridized carbons (Fsp3) is 0.0333. The minimum atomic E-state index is 0.111. The zero-order valence-electron chi connectivity index (χ0n) is 19.1. The first-order valence-electron chi connectivity index (χ1n) is 11.4. The quantitative estimate of drug-likeness (QED) is 0.320. The lowest BCUT2D eigenvalue weighted by Crippen LogP contribution is -1.93. The molecule has 6 rings (SSSR count). The third kappa shape index (κ3) is 3.73. The molecule has 0 unspecified atom stereocenters. The van der Waals surface area contributed by atoms with Crippen LogP contribution in [0.1, 0.15) is 0 Å². The van der Waals surface area contributed by atoms with Crippen molar-refractivity contribution < 1.29 is 5.11 Å². The molecule has 0 saturated heterocycles. The van der Waals surface area contributed by atoms with Gasteiger partial charge < -0.3 is 9.67 Å². The molecule has 3 heterocycles. The maximum absolute atomic E-state index is 10.3. The van der Waals surface area contributed by atoms with Crippen molar-refractivity contribution in [3.05, 3.63) is 110 Å². The molecule has 5 nitrogen and oxygen atoms in total. The van der Waals surface area contributed by atoms with Crippen LogP contribution in [0.3, 0.4) is 0 Å². The molecule has 35 heavy (non-hydrogen) atoms. The lowest BCUT2D eigenvalue weighted by Gasteiger charge is -2.08. The summed E-state index contributed by atoms with van der Waals surface area (Å²) in [6.07, 6.45) is 5.02. The van der Waals surface area contributed by atoms with E-state index in [4.69, 9.17) is 9.97 Å². The van der Waals surface area contributed by atoms with Crippen molar-refractivity contribution in [2.75, 3.05) is 0 Å². The molecule has 0 bridgehead atoms. The van der Waals surface area contributed by atoms with E-state index < -0.39 is 0 Å². The van der Waals surface area contributed by atoms with E-state index in [1.165, 1.54) is 6.20 Å². The van der Waals surface area contributed by atoms with Gasteiger partial charge in [-0.05, 0) is 35.4 Å². The molecule has 5 heteroatoms. The highest BCUT2D eigenvalue weighted by atomic mass is 16.3. The Kier molecular flexibility index (Phi) is 5.08. The maximum atomic E-state index is 10.3. The van der Waals surface area contributed by atoms with Crippen LogP contribution in [0.5, 0.6) is 5.75 Å². The van der Waals surface area contributed by atoms with Gasteiger partial charge in [-0.3, -0.25) is 9.97 Å². The van der Waals surface area contributed by atoms with Crippen molar-refractivity contribution in [2.24, 2.45) is 7.05 Å². The molecule has 3 aromatic carbocycles. The molecule has 0 fully saturated rings. The molecule has 0 aliphatic heterocycles. The molecule has 0 aliphatic rings. The van der Waals surface area contributed by atoms with E-state index in [1.807, 2.05) is 48.1 Å². The molecule has 0 saturated carbocycles. The molecule has 0 aliphatic carbocycles. The van der Waals surface area contributed by atoms with Crippen molar-refractivity contribution in [1.29, 1.82) is 0 Å². The van der Waals surface area contributed by atoms with Gasteiger partial charge in [-0.1, -0.05) is 66.7 Å². The van der Waals surface area contributed by atoms with E-state index in [2.05, 4.69) is 59.6 Å².